The van der Waals surface area contributed by atoms with Gasteiger partial charge in [0.1, 0.15) is 73.2 Å². The Morgan fingerprint density at radius 1 is 0.432 bits per heavy atom. The van der Waals surface area contributed by atoms with Crippen LogP contribution < -0.4 is 5.32 Å². The Morgan fingerprint density at radius 3 is 1.18 bits per heavy atom. The molecule has 19 nitrogen and oxygen atoms in total. The quantitative estimate of drug-likeness (QED) is 0.0376. The normalized spacial score (nSPS) is 31.4. The van der Waals surface area contributed by atoms with Gasteiger partial charge in [0.05, 0.1) is 38.6 Å². The van der Waals surface area contributed by atoms with Crippen LogP contribution in [0.25, 0.3) is 0 Å². The van der Waals surface area contributed by atoms with E-state index < -0.39 is 124 Å². The zero-order chi connectivity index (χ0) is 54.1. The summed E-state index contributed by atoms with van der Waals surface area (Å²) in [6.07, 6.45) is 9.50. The van der Waals surface area contributed by atoms with Gasteiger partial charge in [-0.05, 0) is 12.8 Å². The molecular formula is C55H105NO18. The van der Waals surface area contributed by atoms with Gasteiger partial charge in [-0.3, -0.25) is 4.79 Å². The van der Waals surface area contributed by atoms with Crippen LogP contribution in [0.15, 0.2) is 0 Å². The SMILES string of the molecule is CCCCCCCCCCCCCCCCCCCCCCCCC(O)C(COC1OC(CO)C(OC2OC(CO)C(OC3OC(CO)C(O)C(O)C3O)C(O)C2O)C(O)C1O)NC(=O)CCCCCCCCC. The number of ether oxygens (including phenoxy) is 6. The van der Waals surface area contributed by atoms with Crippen LogP contribution in [0.4, 0.5) is 0 Å². The highest BCUT2D eigenvalue weighted by Gasteiger charge is 2.53. The second kappa shape index (κ2) is 40.0. The molecule has 17 unspecified atom stereocenters. The maximum absolute atomic E-state index is 13.2. The first-order valence-electron chi connectivity index (χ1n) is 29.3. The molecule has 17 atom stereocenters. The molecule has 3 aliphatic rings. The summed E-state index contributed by atoms with van der Waals surface area (Å²) in [5, 5.41) is 120. The van der Waals surface area contributed by atoms with E-state index in [1.165, 1.54) is 122 Å². The van der Waals surface area contributed by atoms with E-state index in [0.29, 0.717) is 12.8 Å². The van der Waals surface area contributed by atoms with E-state index in [2.05, 4.69) is 19.2 Å². The summed E-state index contributed by atoms with van der Waals surface area (Å²) >= 11 is 0. The van der Waals surface area contributed by atoms with Gasteiger partial charge in [0, 0.05) is 6.42 Å². The van der Waals surface area contributed by atoms with Crippen molar-refractivity contribution in [3.63, 3.8) is 0 Å². The predicted molar refractivity (Wildman–Crippen MR) is 277 cm³/mol. The van der Waals surface area contributed by atoms with Crippen LogP contribution in [0, 0.1) is 0 Å². The molecule has 3 rings (SSSR count). The Bertz CT molecular complexity index is 1370. The fourth-order valence-corrected chi connectivity index (χ4v) is 10.3. The molecule has 3 heterocycles. The summed E-state index contributed by atoms with van der Waals surface area (Å²) in [4.78, 5) is 13.2. The van der Waals surface area contributed by atoms with Crippen molar-refractivity contribution < 1.29 is 89.4 Å². The minimum Gasteiger partial charge on any atom is -0.394 e. The molecule has 74 heavy (non-hydrogen) atoms. The molecule has 0 bridgehead atoms. The molecule has 0 aliphatic carbocycles. The Balaban J connectivity index is 1.44. The number of amides is 1. The summed E-state index contributed by atoms with van der Waals surface area (Å²) in [5.74, 6) is -0.248. The molecule has 438 valence electrons. The van der Waals surface area contributed by atoms with E-state index in [9.17, 15) is 61.0 Å². The van der Waals surface area contributed by atoms with E-state index in [1.807, 2.05) is 0 Å². The number of rotatable bonds is 43. The average molecular weight is 1070 g/mol. The van der Waals surface area contributed by atoms with Gasteiger partial charge in [0.15, 0.2) is 18.9 Å². The number of nitrogens with one attached hydrogen (secondary N) is 1. The molecule has 0 aromatic rings. The summed E-state index contributed by atoms with van der Waals surface area (Å²) in [6, 6.07) is -0.878. The smallest absolute Gasteiger partial charge is 0.220 e. The van der Waals surface area contributed by atoms with Crippen LogP contribution >= 0.6 is 0 Å². The van der Waals surface area contributed by atoms with Crippen molar-refractivity contribution in [2.24, 2.45) is 0 Å². The number of hydrogen-bond donors (Lipinski definition) is 12. The van der Waals surface area contributed by atoms with Crippen molar-refractivity contribution in [1.82, 2.24) is 5.32 Å². The Kier molecular flexibility index (Phi) is 36.3. The monoisotopic (exact) mass is 1070 g/mol. The van der Waals surface area contributed by atoms with Crippen LogP contribution in [0.5, 0.6) is 0 Å². The Morgan fingerprint density at radius 2 is 0.770 bits per heavy atom. The molecule has 12 N–H and O–H groups in total. The fourth-order valence-electron chi connectivity index (χ4n) is 10.3. The molecule has 3 fully saturated rings. The molecular weight excluding hydrogens is 963 g/mol. The average Bonchev–Trinajstić information content (AvgIpc) is 3.40. The van der Waals surface area contributed by atoms with Gasteiger partial charge in [-0.25, -0.2) is 0 Å². The number of unbranched alkanes of at least 4 members (excludes halogenated alkanes) is 27. The maximum atomic E-state index is 13.2. The fraction of sp³-hybridized carbons (Fsp3) is 0.982. The number of carbonyl (C=O) groups excluding carboxylic acids is 1. The molecule has 0 aromatic carbocycles. The van der Waals surface area contributed by atoms with E-state index in [1.54, 1.807) is 0 Å². The molecule has 0 radical (unpaired) electrons. The minimum absolute atomic E-state index is 0.248. The van der Waals surface area contributed by atoms with Crippen molar-refractivity contribution in [2.45, 2.75) is 317 Å². The molecule has 19 heteroatoms. The van der Waals surface area contributed by atoms with E-state index in [4.69, 9.17) is 28.4 Å². The highest BCUT2D eigenvalue weighted by Crippen LogP contribution is 2.33. The van der Waals surface area contributed by atoms with Gasteiger partial charge in [-0.1, -0.05) is 194 Å². The lowest BCUT2D eigenvalue weighted by Gasteiger charge is -2.48. The van der Waals surface area contributed by atoms with Crippen LogP contribution in [-0.2, 0) is 33.2 Å². The van der Waals surface area contributed by atoms with Gasteiger partial charge in [0.25, 0.3) is 0 Å². The van der Waals surface area contributed by atoms with Gasteiger partial charge in [-0.2, -0.15) is 0 Å². The van der Waals surface area contributed by atoms with E-state index >= 15 is 0 Å². The standard InChI is InChI=1S/C55H105NO18/c1-3-5-7-9-11-12-13-14-15-16-17-18-19-20-21-22-23-24-25-27-28-30-32-39(60)38(56-43(61)33-31-29-26-10-8-6-4-2)37-69-53-49(67)46(64)51(41(35-58)71-53)74-55-50(68)47(65)52(42(36-59)72-55)73-54-48(66)45(63)44(62)40(34-57)70-54/h38-42,44-55,57-60,62-68H,3-37H2,1-2H3,(H,56,61). The van der Waals surface area contributed by atoms with Crippen LogP contribution in [-0.4, -0.2) is 193 Å². The number of aliphatic hydroxyl groups excluding tert-OH is 11. The first kappa shape index (κ1) is 67.1. The van der Waals surface area contributed by atoms with Crippen LogP contribution in [0.1, 0.15) is 213 Å². The molecule has 0 spiro atoms. The largest absolute Gasteiger partial charge is 0.394 e. The maximum Gasteiger partial charge on any atom is 0.220 e. The molecule has 3 aliphatic heterocycles. The molecule has 1 amide bonds. The third kappa shape index (κ3) is 24.4. The van der Waals surface area contributed by atoms with E-state index in [0.717, 1.165) is 57.8 Å². The predicted octanol–water partition coefficient (Wildman–Crippen LogP) is 4.43. The number of hydrogen-bond acceptors (Lipinski definition) is 18. The summed E-state index contributed by atoms with van der Waals surface area (Å²) in [7, 11) is 0. The highest BCUT2D eigenvalue weighted by atomic mass is 16.8. The second-order valence-corrected chi connectivity index (χ2v) is 21.5. The van der Waals surface area contributed by atoms with Crippen molar-refractivity contribution in [2.75, 3.05) is 26.4 Å². The lowest BCUT2D eigenvalue weighted by Crippen LogP contribution is -2.66. The third-order valence-electron chi connectivity index (χ3n) is 15.2. The van der Waals surface area contributed by atoms with Gasteiger partial charge < -0.3 is 89.9 Å². The first-order chi connectivity index (χ1) is 35.8. The summed E-state index contributed by atoms with van der Waals surface area (Å²) < 4.78 is 34.2. The van der Waals surface area contributed by atoms with Gasteiger partial charge >= 0.3 is 0 Å². The van der Waals surface area contributed by atoms with Gasteiger partial charge in [0.2, 0.25) is 5.91 Å². The number of carbonyl (C=O) groups is 1. The van der Waals surface area contributed by atoms with Crippen molar-refractivity contribution in [3.8, 4) is 0 Å². The third-order valence-corrected chi connectivity index (χ3v) is 15.2. The topological polar surface area (TPSA) is 307 Å². The lowest BCUT2D eigenvalue weighted by atomic mass is 9.96. The van der Waals surface area contributed by atoms with Gasteiger partial charge in [-0.15, -0.1) is 0 Å². The zero-order valence-electron chi connectivity index (χ0n) is 45.3. The zero-order valence-corrected chi connectivity index (χ0v) is 45.3. The van der Waals surface area contributed by atoms with Crippen molar-refractivity contribution >= 4 is 5.91 Å². The summed E-state index contributed by atoms with van der Waals surface area (Å²) in [5.41, 5.74) is 0. The van der Waals surface area contributed by atoms with Crippen molar-refractivity contribution in [1.29, 1.82) is 0 Å². The number of aliphatic hydroxyl groups is 11. The molecule has 0 saturated carbocycles. The molecule has 0 aromatic heterocycles. The van der Waals surface area contributed by atoms with E-state index in [-0.39, 0.29) is 18.9 Å². The highest BCUT2D eigenvalue weighted by molar-refractivity contribution is 5.76. The Hall–Kier alpha value is -1.21. The first-order valence-corrected chi connectivity index (χ1v) is 29.3. The second-order valence-electron chi connectivity index (χ2n) is 21.5. The van der Waals surface area contributed by atoms with Crippen LogP contribution in [0.3, 0.4) is 0 Å². The van der Waals surface area contributed by atoms with Crippen LogP contribution in [0.2, 0.25) is 0 Å². The minimum atomic E-state index is -1.97. The lowest BCUT2D eigenvalue weighted by molar-refractivity contribution is -0.379. The summed E-state index contributed by atoms with van der Waals surface area (Å²) in [6.45, 7) is 1.74. The van der Waals surface area contributed by atoms with Crippen molar-refractivity contribution in [3.05, 3.63) is 0 Å². The molecule has 3 saturated heterocycles. The Labute approximate surface area is 443 Å².